The van der Waals surface area contributed by atoms with Crippen LogP contribution in [0, 0.1) is 0 Å². The first-order valence-electron chi connectivity index (χ1n) is 8.28. The van der Waals surface area contributed by atoms with Crippen LogP contribution < -0.4 is 4.74 Å². The molecule has 0 aromatic heterocycles. The van der Waals surface area contributed by atoms with E-state index >= 15 is 0 Å². The van der Waals surface area contributed by atoms with Gasteiger partial charge in [-0.2, -0.15) is 0 Å². The van der Waals surface area contributed by atoms with E-state index in [-0.39, 0.29) is 0 Å². The Bertz CT molecular complexity index is 576. The van der Waals surface area contributed by atoms with Crippen LogP contribution in [-0.2, 0) is 4.74 Å². The molecule has 2 heteroatoms. The zero-order valence-electron chi connectivity index (χ0n) is 13.4. The number of epoxide rings is 1. The average molecular weight is 296 g/mol. The van der Waals surface area contributed by atoms with E-state index in [0.29, 0.717) is 18.1 Å². The molecule has 1 aliphatic rings. The molecule has 0 radical (unpaired) electrons. The maximum Gasteiger partial charge on any atom is 0.127 e. The number of rotatable bonds is 7. The molecule has 1 heterocycles. The Morgan fingerprint density at radius 2 is 1.59 bits per heavy atom. The van der Waals surface area contributed by atoms with E-state index in [4.69, 9.17) is 9.47 Å². The molecule has 1 saturated heterocycles. The minimum Gasteiger partial charge on any atom is -0.457 e. The van der Waals surface area contributed by atoms with Gasteiger partial charge >= 0.3 is 0 Å². The number of hydrogen-bond donors (Lipinski definition) is 0. The fourth-order valence-electron chi connectivity index (χ4n) is 3.00. The van der Waals surface area contributed by atoms with Crippen molar-refractivity contribution in [3.63, 3.8) is 0 Å². The summed E-state index contributed by atoms with van der Waals surface area (Å²) in [5.74, 6) is 2.34. The lowest BCUT2D eigenvalue weighted by molar-refractivity contribution is 0.349. The summed E-state index contributed by atoms with van der Waals surface area (Å²) in [6.07, 6.45) is 4.37. The number of hydrogen-bond acceptors (Lipinski definition) is 2. The summed E-state index contributed by atoms with van der Waals surface area (Å²) < 4.78 is 11.5. The normalized spacial score (nSPS) is 21.4. The third-order valence-corrected chi connectivity index (χ3v) is 4.43. The maximum atomic E-state index is 5.85. The predicted octanol–water partition coefficient (Wildman–Crippen LogP) is 5.54. The van der Waals surface area contributed by atoms with Gasteiger partial charge in [0.1, 0.15) is 11.5 Å². The SMILES string of the molecule is CCC(CC1OC1CC)c1ccc(Oc2ccccc2)cc1. The first-order valence-corrected chi connectivity index (χ1v) is 8.28. The standard InChI is InChI=1S/C20H24O2/c1-3-15(14-20-19(4-2)22-20)16-10-12-18(13-11-16)21-17-8-6-5-7-9-17/h5-13,15,19-20H,3-4,14H2,1-2H3. The van der Waals surface area contributed by atoms with Gasteiger partial charge in [0.15, 0.2) is 0 Å². The third-order valence-electron chi connectivity index (χ3n) is 4.43. The quantitative estimate of drug-likeness (QED) is 0.626. The summed E-state index contributed by atoms with van der Waals surface area (Å²) in [5, 5.41) is 0. The summed E-state index contributed by atoms with van der Waals surface area (Å²) >= 11 is 0. The smallest absolute Gasteiger partial charge is 0.127 e. The Kier molecular flexibility index (Phi) is 4.79. The molecule has 2 nitrogen and oxygen atoms in total. The maximum absolute atomic E-state index is 5.85. The minimum atomic E-state index is 0.468. The van der Waals surface area contributed by atoms with Crippen LogP contribution in [0.15, 0.2) is 54.6 Å². The lowest BCUT2D eigenvalue weighted by Crippen LogP contribution is -2.03. The van der Waals surface area contributed by atoms with Gasteiger partial charge in [-0.25, -0.2) is 0 Å². The molecule has 2 aromatic rings. The number of para-hydroxylation sites is 1. The Balaban J connectivity index is 1.62. The van der Waals surface area contributed by atoms with Gasteiger partial charge in [0.05, 0.1) is 12.2 Å². The van der Waals surface area contributed by atoms with E-state index in [1.165, 1.54) is 5.56 Å². The average Bonchev–Trinajstić information content (AvgIpc) is 3.33. The molecule has 1 aliphatic heterocycles. The molecule has 3 unspecified atom stereocenters. The van der Waals surface area contributed by atoms with Crippen molar-refractivity contribution < 1.29 is 9.47 Å². The highest BCUT2D eigenvalue weighted by Gasteiger charge is 2.38. The summed E-state index contributed by atoms with van der Waals surface area (Å²) in [7, 11) is 0. The Labute approximate surface area is 133 Å². The van der Waals surface area contributed by atoms with Crippen LogP contribution in [0.4, 0.5) is 0 Å². The lowest BCUT2D eigenvalue weighted by Gasteiger charge is -2.15. The van der Waals surface area contributed by atoms with Gasteiger partial charge in [0.25, 0.3) is 0 Å². The second-order valence-corrected chi connectivity index (χ2v) is 5.95. The van der Waals surface area contributed by atoms with Crippen molar-refractivity contribution in [3.8, 4) is 11.5 Å². The number of benzene rings is 2. The first-order chi connectivity index (χ1) is 10.8. The van der Waals surface area contributed by atoms with E-state index in [1.54, 1.807) is 0 Å². The van der Waals surface area contributed by atoms with E-state index in [9.17, 15) is 0 Å². The lowest BCUT2D eigenvalue weighted by atomic mass is 9.91. The molecule has 116 valence electrons. The zero-order valence-corrected chi connectivity index (χ0v) is 13.4. The van der Waals surface area contributed by atoms with Crippen LogP contribution in [0.25, 0.3) is 0 Å². The summed E-state index contributed by atoms with van der Waals surface area (Å²) in [5.41, 5.74) is 1.38. The van der Waals surface area contributed by atoms with Gasteiger partial charge in [-0.15, -0.1) is 0 Å². The predicted molar refractivity (Wildman–Crippen MR) is 89.6 cm³/mol. The third kappa shape index (κ3) is 3.69. The highest BCUT2D eigenvalue weighted by atomic mass is 16.6. The van der Waals surface area contributed by atoms with Crippen LogP contribution in [0.5, 0.6) is 11.5 Å². The van der Waals surface area contributed by atoms with E-state index in [0.717, 1.165) is 30.8 Å². The largest absolute Gasteiger partial charge is 0.457 e. The summed E-state index contributed by atoms with van der Waals surface area (Å²) in [6, 6.07) is 18.4. The second-order valence-electron chi connectivity index (χ2n) is 5.95. The molecule has 3 atom stereocenters. The van der Waals surface area contributed by atoms with Gasteiger partial charge < -0.3 is 9.47 Å². The van der Waals surface area contributed by atoms with Crippen molar-refractivity contribution in [2.24, 2.45) is 0 Å². The molecule has 0 spiro atoms. The van der Waals surface area contributed by atoms with Gasteiger partial charge in [-0.1, -0.05) is 44.2 Å². The summed E-state index contributed by atoms with van der Waals surface area (Å²) in [4.78, 5) is 0. The van der Waals surface area contributed by atoms with Gasteiger partial charge in [0, 0.05) is 0 Å². The van der Waals surface area contributed by atoms with Crippen LogP contribution in [0.3, 0.4) is 0 Å². The molecule has 0 saturated carbocycles. The Hall–Kier alpha value is -1.80. The molecule has 0 bridgehead atoms. The molecule has 0 amide bonds. The molecule has 1 fully saturated rings. The highest BCUT2D eigenvalue weighted by molar-refractivity contribution is 5.34. The van der Waals surface area contributed by atoms with Crippen molar-refractivity contribution in [2.75, 3.05) is 0 Å². The van der Waals surface area contributed by atoms with Crippen LogP contribution in [-0.4, -0.2) is 12.2 Å². The summed E-state index contributed by atoms with van der Waals surface area (Å²) in [6.45, 7) is 4.45. The Morgan fingerprint density at radius 1 is 0.909 bits per heavy atom. The van der Waals surface area contributed by atoms with E-state index in [1.807, 2.05) is 30.3 Å². The zero-order chi connectivity index (χ0) is 15.4. The van der Waals surface area contributed by atoms with Crippen molar-refractivity contribution in [3.05, 3.63) is 60.2 Å². The Morgan fingerprint density at radius 3 is 2.18 bits per heavy atom. The number of ether oxygens (including phenoxy) is 2. The second kappa shape index (κ2) is 6.97. The molecule has 2 aromatic carbocycles. The van der Waals surface area contributed by atoms with Crippen molar-refractivity contribution in [2.45, 2.75) is 51.2 Å². The van der Waals surface area contributed by atoms with Crippen molar-refractivity contribution >= 4 is 0 Å². The molecule has 3 rings (SSSR count). The van der Waals surface area contributed by atoms with Crippen molar-refractivity contribution in [1.82, 2.24) is 0 Å². The minimum absolute atomic E-state index is 0.468. The highest BCUT2D eigenvalue weighted by Crippen LogP contribution is 2.36. The molecule has 22 heavy (non-hydrogen) atoms. The molecule has 0 aliphatic carbocycles. The van der Waals surface area contributed by atoms with Gasteiger partial charge in [-0.3, -0.25) is 0 Å². The first kappa shape index (κ1) is 15.1. The van der Waals surface area contributed by atoms with Gasteiger partial charge in [0.2, 0.25) is 0 Å². The van der Waals surface area contributed by atoms with Crippen molar-refractivity contribution in [1.29, 1.82) is 0 Å². The van der Waals surface area contributed by atoms with Gasteiger partial charge in [-0.05, 0) is 55.0 Å². The molecular formula is C20H24O2. The van der Waals surface area contributed by atoms with E-state index < -0.39 is 0 Å². The van der Waals surface area contributed by atoms with Crippen LogP contribution in [0.2, 0.25) is 0 Å². The monoisotopic (exact) mass is 296 g/mol. The van der Waals surface area contributed by atoms with Crippen LogP contribution >= 0.6 is 0 Å². The fourth-order valence-corrected chi connectivity index (χ4v) is 3.00. The molecule has 0 N–H and O–H groups in total. The van der Waals surface area contributed by atoms with Crippen LogP contribution in [0.1, 0.15) is 44.6 Å². The topological polar surface area (TPSA) is 21.8 Å². The fraction of sp³-hybridized carbons (Fsp3) is 0.400. The molecular weight excluding hydrogens is 272 g/mol. The van der Waals surface area contributed by atoms with E-state index in [2.05, 4.69) is 38.1 Å².